The Bertz CT molecular complexity index is 1180. The van der Waals surface area contributed by atoms with Crippen molar-refractivity contribution in [1.82, 2.24) is 0 Å². The molecule has 4 atom stereocenters. The molecule has 2 aromatic carbocycles. The van der Waals surface area contributed by atoms with Gasteiger partial charge in [-0.25, -0.2) is 4.79 Å². The van der Waals surface area contributed by atoms with Gasteiger partial charge in [-0.1, -0.05) is 64.8 Å². The van der Waals surface area contributed by atoms with Crippen molar-refractivity contribution in [1.29, 1.82) is 0 Å². The summed E-state index contributed by atoms with van der Waals surface area (Å²) in [6.45, 7) is 9.50. The maximum absolute atomic E-state index is 12.8. The van der Waals surface area contributed by atoms with Crippen LogP contribution in [-0.2, 0) is 30.3 Å². The number of carbonyl (C=O) groups excluding carboxylic acids is 4. The summed E-state index contributed by atoms with van der Waals surface area (Å²) in [5.74, 6) is -1.74. The number of hydrogen-bond acceptors (Lipinski definition) is 9. The molecule has 2 rings (SSSR count). The van der Waals surface area contributed by atoms with E-state index in [-0.39, 0.29) is 49.0 Å². The predicted octanol–water partition coefficient (Wildman–Crippen LogP) is 5.42. The first-order chi connectivity index (χ1) is 19.4. The highest BCUT2D eigenvalue weighted by Crippen LogP contribution is 2.32. The van der Waals surface area contributed by atoms with E-state index in [2.05, 4.69) is 0 Å². The largest absolute Gasteiger partial charge is 0.468 e. The van der Waals surface area contributed by atoms with Crippen LogP contribution >= 0.6 is 0 Å². The number of nitrogens with two attached hydrogens (primary N) is 1. The molecule has 3 unspecified atom stereocenters. The molecular weight excluding hydrogens is 526 g/mol. The number of benzene rings is 2. The lowest BCUT2D eigenvalue weighted by atomic mass is 9.86. The fourth-order valence-corrected chi connectivity index (χ4v) is 4.19. The van der Waals surface area contributed by atoms with E-state index >= 15 is 0 Å². The molecule has 0 spiro atoms. The maximum atomic E-state index is 12.8. The van der Waals surface area contributed by atoms with Gasteiger partial charge in [0.25, 0.3) is 0 Å². The molecule has 0 aliphatic rings. The molecule has 0 aromatic heterocycles. The molecule has 2 N–H and O–H groups in total. The van der Waals surface area contributed by atoms with E-state index in [1.54, 1.807) is 43.3 Å². The van der Waals surface area contributed by atoms with E-state index in [0.29, 0.717) is 11.1 Å². The quantitative estimate of drug-likeness (QED) is 0.221. The third-order valence-corrected chi connectivity index (χ3v) is 6.96. The summed E-state index contributed by atoms with van der Waals surface area (Å²) in [7, 11) is 1.23. The number of ether oxygens (including phenoxy) is 4. The summed E-state index contributed by atoms with van der Waals surface area (Å²) < 4.78 is 21.7. The van der Waals surface area contributed by atoms with Crippen LogP contribution in [0.4, 0.5) is 0 Å². The van der Waals surface area contributed by atoms with Gasteiger partial charge in [-0.15, -0.1) is 0 Å². The summed E-state index contributed by atoms with van der Waals surface area (Å²) in [5.41, 5.74) is 5.91. The standard InChI is InChI=1S/C32H43NO8/c1-7-21(3)16-28(34)40-26-15-14-24(18-27(26)41-29(35)17-22(4)8-2)20-32(33,31(37)38-6)19-23(5)39-30(36)25-12-10-9-11-13-25/h9-15,18,21-23H,7-8,16-17,19-20,33H2,1-6H3/t21?,22?,23-,32?/m0/s1. The van der Waals surface area contributed by atoms with Crippen molar-refractivity contribution in [3.05, 3.63) is 59.7 Å². The first-order valence-electron chi connectivity index (χ1n) is 14.1. The van der Waals surface area contributed by atoms with Crippen molar-refractivity contribution in [3.8, 4) is 11.5 Å². The zero-order valence-electron chi connectivity index (χ0n) is 24.9. The second kappa shape index (κ2) is 15.9. The molecule has 0 aliphatic heterocycles. The smallest absolute Gasteiger partial charge is 0.338 e. The van der Waals surface area contributed by atoms with E-state index in [0.717, 1.165) is 12.8 Å². The van der Waals surface area contributed by atoms with Gasteiger partial charge in [-0.05, 0) is 48.6 Å². The van der Waals surface area contributed by atoms with Crippen LogP contribution in [0.1, 0.15) is 82.6 Å². The summed E-state index contributed by atoms with van der Waals surface area (Å²) in [4.78, 5) is 50.5. The minimum Gasteiger partial charge on any atom is -0.468 e. The Morgan fingerprint density at radius 1 is 0.829 bits per heavy atom. The number of methoxy groups -OCH3 is 1. The SMILES string of the molecule is CCC(C)CC(=O)Oc1ccc(CC(N)(C[C@H](C)OC(=O)c2ccccc2)C(=O)OC)cc1OC(=O)CC(C)CC. The van der Waals surface area contributed by atoms with Crippen LogP contribution in [0.15, 0.2) is 48.5 Å². The minimum absolute atomic E-state index is 0.0239. The molecule has 0 radical (unpaired) electrons. The van der Waals surface area contributed by atoms with E-state index in [4.69, 9.17) is 24.7 Å². The Morgan fingerprint density at radius 2 is 1.39 bits per heavy atom. The number of rotatable bonds is 15. The van der Waals surface area contributed by atoms with Crippen molar-refractivity contribution < 1.29 is 38.1 Å². The van der Waals surface area contributed by atoms with Crippen LogP contribution in [0, 0.1) is 11.8 Å². The van der Waals surface area contributed by atoms with Crippen molar-refractivity contribution in [3.63, 3.8) is 0 Å². The van der Waals surface area contributed by atoms with Gasteiger partial charge in [0.05, 0.1) is 12.7 Å². The highest BCUT2D eigenvalue weighted by atomic mass is 16.6. The van der Waals surface area contributed by atoms with E-state index in [1.807, 2.05) is 27.7 Å². The lowest BCUT2D eigenvalue weighted by Crippen LogP contribution is -2.53. The molecule has 41 heavy (non-hydrogen) atoms. The topological polar surface area (TPSA) is 131 Å². The highest BCUT2D eigenvalue weighted by molar-refractivity contribution is 5.89. The van der Waals surface area contributed by atoms with Gasteiger partial charge < -0.3 is 24.7 Å². The van der Waals surface area contributed by atoms with Crippen molar-refractivity contribution in [2.45, 2.75) is 84.8 Å². The molecule has 0 aliphatic carbocycles. The monoisotopic (exact) mass is 569 g/mol. The Kier molecular flexibility index (Phi) is 13.0. The molecule has 0 fully saturated rings. The first kappa shape index (κ1) is 33.5. The van der Waals surface area contributed by atoms with Crippen LogP contribution in [-0.4, -0.2) is 42.6 Å². The van der Waals surface area contributed by atoms with Crippen LogP contribution < -0.4 is 15.2 Å². The summed E-state index contributed by atoms with van der Waals surface area (Å²) in [6, 6.07) is 13.2. The summed E-state index contributed by atoms with van der Waals surface area (Å²) in [6.07, 6.45) is 1.24. The number of hydrogen-bond donors (Lipinski definition) is 1. The van der Waals surface area contributed by atoms with Crippen molar-refractivity contribution in [2.24, 2.45) is 17.6 Å². The third-order valence-electron chi connectivity index (χ3n) is 6.96. The summed E-state index contributed by atoms with van der Waals surface area (Å²) in [5, 5.41) is 0. The van der Waals surface area contributed by atoms with Crippen molar-refractivity contribution >= 4 is 23.9 Å². The zero-order valence-corrected chi connectivity index (χ0v) is 24.9. The Labute approximate surface area is 242 Å². The lowest BCUT2D eigenvalue weighted by Gasteiger charge is -2.29. The van der Waals surface area contributed by atoms with Gasteiger partial charge in [0.15, 0.2) is 11.5 Å². The normalized spacial score (nSPS) is 14.6. The van der Waals surface area contributed by atoms with Crippen LogP contribution in [0.2, 0.25) is 0 Å². The highest BCUT2D eigenvalue weighted by Gasteiger charge is 2.38. The van der Waals surface area contributed by atoms with Crippen LogP contribution in [0.3, 0.4) is 0 Å². The van der Waals surface area contributed by atoms with Gasteiger partial charge >= 0.3 is 23.9 Å². The van der Waals surface area contributed by atoms with Gasteiger partial charge in [0, 0.05) is 25.7 Å². The minimum atomic E-state index is -1.57. The van der Waals surface area contributed by atoms with E-state index < -0.39 is 35.5 Å². The fourth-order valence-electron chi connectivity index (χ4n) is 4.19. The van der Waals surface area contributed by atoms with Gasteiger partial charge in [0.2, 0.25) is 0 Å². The molecule has 0 saturated heterocycles. The second-order valence-corrected chi connectivity index (χ2v) is 10.8. The Morgan fingerprint density at radius 3 is 1.93 bits per heavy atom. The van der Waals surface area contributed by atoms with Crippen molar-refractivity contribution in [2.75, 3.05) is 7.11 Å². The van der Waals surface area contributed by atoms with Gasteiger partial charge in [0.1, 0.15) is 11.6 Å². The lowest BCUT2D eigenvalue weighted by molar-refractivity contribution is -0.148. The second-order valence-electron chi connectivity index (χ2n) is 10.8. The molecule has 9 heteroatoms. The van der Waals surface area contributed by atoms with Crippen LogP contribution in [0.25, 0.3) is 0 Å². The Balaban J connectivity index is 2.31. The molecule has 0 heterocycles. The number of esters is 4. The number of carbonyl (C=O) groups is 4. The maximum Gasteiger partial charge on any atom is 0.338 e. The molecule has 2 aromatic rings. The van der Waals surface area contributed by atoms with Gasteiger partial charge in [-0.2, -0.15) is 0 Å². The molecule has 0 saturated carbocycles. The fraction of sp³-hybridized carbons (Fsp3) is 0.500. The molecule has 0 bridgehead atoms. The summed E-state index contributed by atoms with van der Waals surface area (Å²) >= 11 is 0. The molecule has 9 nitrogen and oxygen atoms in total. The first-order valence-corrected chi connectivity index (χ1v) is 14.1. The molecular formula is C32H43NO8. The average Bonchev–Trinajstić information content (AvgIpc) is 2.93. The van der Waals surface area contributed by atoms with Crippen LogP contribution in [0.5, 0.6) is 11.5 Å². The van der Waals surface area contributed by atoms with E-state index in [9.17, 15) is 19.2 Å². The third kappa shape index (κ3) is 10.6. The van der Waals surface area contributed by atoms with E-state index in [1.165, 1.54) is 19.2 Å². The molecule has 224 valence electrons. The zero-order chi connectivity index (χ0) is 30.6. The average molecular weight is 570 g/mol. The van der Waals surface area contributed by atoms with Gasteiger partial charge in [-0.3, -0.25) is 14.4 Å². The Hall–Kier alpha value is -3.72. The predicted molar refractivity (Wildman–Crippen MR) is 154 cm³/mol. The molecule has 0 amide bonds.